The van der Waals surface area contributed by atoms with Crippen LogP contribution in [-0.4, -0.2) is 73.3 Å². The maximum absolute atomic E-state index is 12.9. The number of hydrogen-bond acceptors (Lipinski definition) is 9. The van der Waals surface area contributed by atoms with Gasteiger partial charge < -0.3 is 14.5 Å². The Kier molecular flexibility index (Phi) is 7.86. The van der Waals surface area contributed by atoms with Crippen LogP contribution in [0.1, 0.15) is 64.4 Å². The third kappa shape index (κ3) is 5.63. The Morgan fingerprint density at radius 1 is 1.05 bits per heavy atom. The number of ether oxygens (including phenoxy) is 1. The van der Waals surface area contributed by atoms with Crippen molar-refractivity contribution in [3.05, 3.63) is 46.1 Å². The van der Waals surface area contributed by atoms with Crippen molar-refractivity contribution >= 4 is 39.0 Å². The van der Waals surface area contributed by atoms with Crippen LogP contribution in [0.15, 0.2) is 24.5 Å². The molecule has 2 saturated heterocycles. The molecule has 1 aliphatic carbocycles. The summed E-state index contributed by atoms with van der Waals surface area (Å²) < 4.78 is 5.53. The zero-order valence-electron chi connectivity index (χ0n) is 23.0. The van der Waals surface area contributed by atoms with Gasteiger partial charge in [0.2, 0.25) is 0 Å². The van der Waals surface area contributed by atoms with E-state index >= 15 is 0 Å². The van der Waals surface area contributed by atoms with Crippen molar-refractivity contribution in [3.63, 3.8) is 0 Å². The maximum Gasteiger partial charge on any atom is 0.349 e. The summed E-state index contributed by atoms with van der Waals surface area (Å²) in [4.78, 5) is 30.2. The number of fused-ring (bicyclic) bond motifs is 1. The Morgan fingerprint density at radius 2 is 1.85 bits per heavy atom. The van der Waals surface area contributed by atoms with Crippen LogP contribution in [0.3, 0.4) is 0 Å². The Balaban J connectivity index is 1.01. The molecule has 206 valence electrons. The molecule has 0 unspecified atom stereocenters. The summed E-state index contributed by atoms with van der Waals surface area (Å²) in [7, 11) is 0. The highest BCUT2D eigenvalue weighted by atomic mass is 32.1. The summed E-state index contributed by atoms with van der Waals surface area (Å²) >= 11 is 1.37. The molecule has 1 aromatic carbocycles. The van der Waals surface area contributed by atoms with Gasteiger partial charge in [-0.15, -0.1) is 11.3 Å². The number of carbonyl (C=O) groups is 1. The van der Waals surface area contributed by atoms with Crippen molar-refractivity contribution in [1.82, 2.24) is 14.9 Å². The molecule has 0 bridgehead atoms. The Hall–Kier alpha value is -3.66. The van der Waals surface area contributed by atoms with Gasteiger partial charge in [-0.2, -0.15) is 5.26 Å². The van der Waals surface area contributed by atoms with E-state index in [-0.39, 0.29) is 12.6 Å². The van der Waals surface area contributed by atoms with Gasteiger partial charge in [-0.25, -0.2) is 14.8 Å². The van der Waals surface area contributed by atoms with Crippen LogP contribution < -0.4 is 9.80 Å². The van der Waals surface area contributed by atoms with Gasteiger partial charge in [0.1, 0.15) is 27.9 Å². The highest BCUT2D eigenvalue weighted by Crippen LogP contribution is 2.42. The predicted octanol–water partition coefficient (Wildman–Crippen LogP) is 4.72. The Labute approximate surface area is 239 Å². The van der Waals surface area contributed by atoms with Crippen LogP contribution in [-0.2, 0) is 4.74 Å². The number of aryl methyl sites for hydroxylation is 1. The number of aromatic nitrogens is 2. The van der Waals surface area contributed by atoms with Gasteiger partial charge in [-0.05, 0) is 68.2 Å². The second kappa shape index (κ2) is 11.8. The van der Waals surface area contributed by atoms with E-state index in [9.17, 15) is 10.1 Å². The standard InChI is InChI=1S/C31H34N6O2S/c1-22-27-29(37-12-3-2-4-13-37)33-21-34-30(27)40-28(22)31(38)39-18-6-5-11-35-14-16-36(17-15-35)26-19-24(23-7-8-23)9-10-25(26)20-32/h9-10,19,21,23H,2-4,7-8,11-18H2,1H3. The fourth-order valence-corrected chi connectivity index (χ4v) is 6.74. The highest BCUT2D eigenvalue weighted by molar-refractivity contribution is 7.20. The zero-order chi connectivity index (χ0) is 27.5. The molecular formula is C31H34N6O2S. The number of rotatable bonds is 6. The van der Waals surface area contributed by atoms with Crippen molar-refractivity contribution in [2.75, 3.05) is 62.2 Å². The van der Waals surface area contributed by atoms with E-state index in [1.807, 2.05) is 13.0 Å². The van der Waals surface area contributed by atoms with E-state index in [0.717, 1.165) is 85.0 Å². The fourth-order valence-electron chi connectivity index (χ4n) is 5.70. The number of thiophene rings is 1. The van der Waals surface area contributed by atoms with E-state index in [4.69, 9.17) is 4.74 Å². The second-order valence-electron chi connectivity index (χ2n) is 10.8. The molecule has 40 heavy (non-hydrogen) atoms. The molecule has 3 aliphatic rings. The van der Waals surface area contributed by atoms with E-state index in [2.05, 4.69) is 54.7 Å². The van der Waals surface area contributed by atoms with Gasteiger partial charge in [0, 0.05) is 39.3 Å². The summed E-state index contributed by atoms with van der Waals surface area (Å²) in [6.45, 7) is 8.13. The van der Waals surface area contributed by atoms with Crippen molar-refractivity contribution in [1.29, 1.82) is 5.26 Å². The minimum absolute atomic E-state index is 0.0661. The first kappa shape index (κ1) is 26.6. The van der Waals surface area contributed by atoms with Crippen molar-refractivity contribution < 1.29 is 9.53 Å². The molecule has 0 N–H and O–H groups in total. The minimum atomic E-state index is -0.352. The van der Waals surface area contributed by atoms with Gasteiger partial charge in [0.15, 0.2) is 6.61 Å². The number of hydrogen-bond donors (Lipinski definition) is 0. The topological polar surface area (TPSA) is 85.6 Å². The molecule has 0 radical (unpaired) electrons. The lowest BCUT2D eigenvalue weighted by atomic mass is 10.0. The molecule has 0 atom stereocenters. The summed E-state index contributed by atoms with van der Waals surface area (Å²) in [6, 6.07) is 8.67. The largest absolute Gasteiger partial charge is 0.448 e. The van der Waals surface area contributed by atoms with E-state index < -0.39 is 0 Å². The number of benzene rings is 1. The van der Waals surface area contributed by atoms with E-state index in [1.54, 1.807) is 6.33 Å². The molecule has 0 amide bonds. The average molecular weight is 555 g/mol. The smallest absolute Gasteiger partial charge is 0.349 e. The van der Waals surface area contributed by atoms with Gasteiger partial charge in [-0.1, -0.05) is 17.9 Å². The van der Waals surface area contributed by atoms with Gasteiger partial charge in [-0.3, -0.25) is 4.90 Å². The quantitative estimate of drug-likeness (QED) is 0.320. The second-order valence-corrected chi connectivity index (χ2v) is 11.8. The van der Waals surface area contributed by atoms with Crippen LogP contribution in [0.5, 0.6) is 0 Å². The zero-order valence-corrected chi connectivity index (χ0v) is 23.8. The van der Waals surface area contributed by atoms with Crippen LogP contribution >= 0.6 is 11.3 Å². The average Bonchev–Trinajstić information content (AvgIpc) is 3.80. The maximum atomic E-state index is 12.9. The molecule has 4 heterocycles. The number of nitriles is 1. The molecular weight excluding hydrogens is 520 g/mol. The van der Waals surface area contributed by atoms with E-state index in [0.29, 0.717) is 17.3 Å². The van der Waals surface area contributed by atoms with Crippen molar-refractivity contribution in [2.45, 2.75) is 44.9 Å². The molecule has 3 fully saturated rings. The summed E-state index contributed by atoms with van der Waals surface area (Å²) in [5, 5.41) is 10.6. The monoisotopic (exact) mass is 554 g/mol. The first-order valence-corrected chi connectivity index (χ1v) is 15.1. The van der Waals surface area contributed by atoms with Crippen LogP contribution in [0.2, 0.25) is 0 Å². The predicted molar refractivity (Wildman–Crippen MR) is 158 cm³/mol. The number of nitrogens with zero attached hydrogens (tertiary/aromatic N) is 6. The van der Waals surface area contributed by atoms with Crippen molar-refractivity contribution in [2.24, 2.45) is 0 Å². The molecule has 9 heteroatoms. The molecule has 3 aromatic rings. The van der Waals surface area contributed by atoms with Crippen LogP contribution in [0.25, 0.3) is 10.2 Å². The summed E-state index contributed by atoms with van der Waals surface area (Å²) in [5.41, 5.74) is 4.07. The Morgan fingerprint density at radius 3 is 2.60 bits per heavy atom. The molecule has 6 rings (SSSR count). The van der Waals surface area contributed by atoms with Gasteiger partial charge in [0.25, 0.3) is 0 Å². The number of anilines is 2. The normalized spacial score (nSPS) is 17.8. The lowest BCUT2D eigenvalue weighted by molar-refractivity contribution is 0.0561. The summed E-state index contributed by atoms with van der Waals surface area (Å²) in [5.74, 6) is 7.43. The van der Waals surface area contributed by atoms with Crippen LogP contribution in [0.4, 0.5) is 11.5 Å². The number of piperidine rings is 1. The first-order valence-electron chi connectivity index (χ1n) is 14.3. The fraction of sp³-hybridized carbons (Fsp3) is 0.484. The van der Waals surface area contributed by atoms with Crippen LogP contribution in [0, 0.1) is 30.1 Å². The number of piperazine rings is 1. The Bertz CT molecular complexity index is 1500. The first-order chi connectivity index (χ1) is 19.6. The van der Waals surface area contributed by atoms with Gasteiger partial charge >= 0.3 is 5.97 Å². The number of esters is 1. The third-order valence-electron chi connectivity index (χ3n) is 8.15. The van der Waals surface area contributed by atoms with Crippen molar-refractivity contribution in [3.8, 4) is 17.9 Å². The lowest BCUT2D eigenvalue weighted by Crippen LogP contribution is -2.46. The lowest BCUT2D eigenvalue weighted by Gasteiger charge is -2.35. The van der Waals surface area contributed by atoms with Gasteiger partial charge in [0.05, 0.1) is 23.2 Å². The minimum Gasteiger partial charge on any atom is -0.448 e. The summed E-state index contributed by atoms with van der Waals surface area (Å²) in [6.07, 6.45) is 7.68. The molecule has 0 spiro atoms. The third-order valence-corrected chi connectivity index (χ3v) is 9.33. The highest BCUT2D eigenvalue weighted by Gasteiger charge is 2.26. The number of carbonyl (C=O) groups excluding carboxylic acids is 1. The molecule has 1 saturated carbocycles. The molecule has 2 aromatic heterocycles. The molecule has 8 nitrogen and oxygen atoms in total. The SMILES string of the molecule is Cc1c(C(=O)OCC#CCN2CCN(c3cc(C4CC4)ccc3C#N)CC2)sc2ncnc(N3CCCCC3)c12. The molecule has 2 aliphatic heterocycles. The van der Waals surface area contributed by atoms with E-state index in [1.165, 1.54) is 36.2 Å².